The van der Waals surface area contributed by atoms with E-state index in [1.807, 2.05) is 0 Å². The van der Waals surface area contributed by atoms with Crippen molar-refractivity contribution in [3.8, 4) is 0 Å². The minimum atomic E-state index is -0.377. The van der Waals surface area contributed by atoms with E-state index in [-0.39, 0.29) is 17.5 Å². The lowest BCUT2D eigenvalue weighted by atomic mass is 9.97. The molecule has 7 nitrogen and oxygen atoms in total. The van der Waals surface area contributed by atoms with Crippen molar-refractivity contribution in [1.82, 2.24) is 24.9 Å². The fourth-order valence-electron chi connectivity index (χ4n) is 2.82. The van der Waals surface area contributed by atoms with E-state index in [1.165, 1.54) is 4.68 Å². The van der Waals surface area contributed by atoms with Gasteiger partial charge in [0, 0.05) is 25.0 Å². The van der Waals surface area contributed by atoms with Crippen LogP contribution in [0.15, 0.2) is 29.3 Å². The Morgan fingerprint density at radius 2 is 2.22 bits per heavy atom. The van der Waals surface area contributed by atoms with Crippen LogP contribution >= 0.6 is 0 Å². The Labute approximate surface area is 134 Å². The predicted octanol–water partition coefficient (Wildman–Crippen LogP) is 0.696. The monoisotopic (exact) mass is 315 g/mol. The molecule has 2 aromatic rings. The highest BCUT2D eigenvalue weighted by atomic mass is 16.2. The van der Waals surface area contributed by atoms with Crippen molar-refractivity contribution >= 4 is 5.91 Å². The van der Waals surface area contributed by atoms with Crippen molar-refractivity contribution in [2.45, 2.75) is 45.2 Å². The zero-order valence-corrected chi connectivity index (χ0v) is 13.2. The molecule has 1 aliphatic carbocycles. The highest BCUT2D eigenvalue weighted by Crippen LogP contribution is 2.16. The van der Waals surface area contributed by atoms with Crippen LogP contribution in [0.1, 0.15) is 37.1 Å². The maximum atomic E-state index is 12.1. The standard InChI is InChI=1S/C16H21N5O2/c1-12(20-9-4-7-18-20)16(23)17-8-10-21-15(22)11-13-5-2-3-6-14(13)19-21/h4,7,9,11-12H,2-3,5-6,8,10H2,1H3,(H,17,23). The summed E-state index contributed by atoms with van der Waals surface area (Å²) >= 11 is 0. The van der Waals surface area contributed by atoms with Gasteiger partial charge >= 0.3 is 0 Å². The van der Waals surface area contributed by atoms with Gasteiger partial charge < -0.3 is 5.32 Å². The van der Waals surface area contributed by atoms with Crippen LogP contribution in [0.5, 0.6) is 0 Å². The van der Waals surface area contributed by atoms with Crippen molar-refractivity contribution < 1.29 is 4.79 Å². The lowest BCUT2D eigenvalue weighted by Crippen LogP contribution is -2.36. The van der Waals surface area contributed by atoms with Gasteiger partial charge in [0.05, 0.1) is 12.2 Å². The molecule has 1 N–H and O–H groups in total. The average Bonchev–Trinajstić information content (AvgIpc) is 3.09. The first kappa shape index (κ1) is 15.5. The van der Waals surface area contributed by atoms with Crippen LogP contribution in [0.2, 0.25) is 0 Å². The topological polar surface area (TPSA) is 81.8 Å². The van der Waals surface area contributed by atoms with Gasteiger partial charge in [-0.3, -0.25) is 14.3 Å². The highest BCUT2D eigenvalue weighted by molar-refractivity contribution is 5.79. The fraction of sp³-hybridized carbons (Fsp3) is 0.500. The minimum Gasteiger partial charge on any atom is -0.352 e. The zero-order chi connectivity index (χ0) is 16.2. The number of nitrogens with zero attached hydrogens (tertiary/aromatic N) is 4. The number of amides is 1. The third-order valence-corrected chi connectivity index (χ3v) is 4.20. The quantitative estimate of drug-likeness (QED) is 0.880. The number of hydrogen-bond donors (Lipinski definition) is 1. The third-order valence-electron chi connectivity index (χ3n) is 4.20. The molecular weight excluding hydrogens is 294 g/mol. The molecule has 1 atom stereocenters. The highest BCUT2D eigenvalue weighted by Gasteiger charge is 2.15. The number of hydrogen-bond acceptors (Lipinski definition) is 4. The Morgan fingerprint density at radius 1 is 1.39 bits per heavy atom. The maximum absolute atomic E-state index is 12.1. The van der Waals surface area contributed by atoms with Crippen LogP contribution in [-0.4, -0.2) is 32.0 Å². The van der Waals surface area contributed by atoms with Crippen molar-refractivity contribution in [2.75, 3.05) is 6.54 Å². The van der Waals surface area contributed by atoms with Crippen molar-refractivity contribution in [2.24, 2.45) is 0 Å². The zero-order valence-electron chi connectivity index (χ0n) is 13.2. The van der Waals surface area contributed by atoms with E-state index in [0.29, 0.717) is 13.1 Å². The van der Waals surface area contributed by atoms with E-state index >= 15 is 0 Å². The second-order valence-electron chi connectivity index (χ2n) is 5.84. The minimum absolute atomic E-state index is 0.0972. The van der Waals surface area contributed by atoms with Gasteiger partial charge in [0.15, 0.2) is 0 Å². The van der Waals surface area contributed by atoms with E-state index in [2.05, 4.69) is 15.5 Å². The van der Waals surface area contributed by atoms with Gasteiger partial charge in [0.2, 0.25) is 5.91 Å². The molecular formula is C16H21N5O2. The first-order valence-corrected chi connectivity index (χ1v) is 8.02. The summed E-state index contributed by atoms with van der Waals surface area (Å²) in [4.78, 5) is 24.1. The molecule has 1 aliphatic rings. The maximum Gasteiger partial charge on any atom is 0.267 e. The summed E-state index contributed by atoms with van der Waals surface area (Å²) < 4.78 is 3.04. The number of carbonyl (C=O) groups excluding carboxylic acids is 1. The summed E-state index contributed by atoms with van der Waals surface area (Å²) in [7, 11) is 0. The van der Waals surface area contributed by atoms with E-state index < -0.39 is 0 Å². The SMILES string of the molecule is CC(C(=O)NCCn1nc2c(cc1=O)CCCC2)n1cccn1. The molecule has 0 saturated heterocycles. The summed E-state index contributed by atoms with van der Waals surface area (Å²) in [6.07, 6.45) is 7.50. The Bertz CT molecular complexity index is 735. The lowest BCUT2D eigenvalue weighted by molar-refractivity contribution is -0.124. The molecule has 0 spiro atoms. The molecule has 2 aromatic heterocycles. The van der Waals surface area contributed by atoms with Crippen LogP contribution in [0.25, 0.3) is 0 Å². The molecule has 0 bridgehead atoms. The number of carbonyl (C=O) groups is 1. The summed E-state index contributed by atoms with van der Waals surface area (Å²) in [6.45, 7) is 2.53. The van der Waals surface area contributed by atoms with Crippen molar-refractivity contribution in [3.63, 3.8) is 0 Å². The number of fused-ring (bicyclic) bond motifs is 1. The van der Waals surface area contributed by atoms with Gasteiger partial charge in [0.25, 0.3) is 5.56 Å². The molecule has 0 fully saturated rings. The fourth-order valence-corrected chi connectivity index (χ4v) is 2.82. The number of nitrogens with one attached hydrogen (secondary N) is 1. The largest absolute Gasteiger partial charge is 0.352 e. The average molecular weight is 315 g/mol. The summed E-state index contributed by atoms with van der Waals surface area (Å²) in [5.41, 5.74) is 2.00. The normalized spacial score (nSPS) is 15.0. The molecule has 2 heterocycles. The van der Waals surface area contributed by atoms with Gasteiger partial charge in [-0.15, -0.1) is 0 Å². The Balaban J connectivity index is 1.58. The molecule has 122 valence electrons. The van der Waals surface area contributed by atoms with Gasteiger partial charge in [-0.2, -0.15) is 10.2 Å². The van der Waals surface area contributed by atoms with Gasteiger partial charge in [0.1, 0.15) is 6.04 Å². The Kier molecular flexibility index (Phi) is 4.55. The molecule has 0 aliphatic heterocycles. The smallest absolute Gasteiger partial charge is 0.267 e. The molecule has 7 heteroatoms. The Morgan fingerprint density at radius 3 is 3.00 bits per heavy atom. The van der Waals surface area contributed by atoms with Crippen LogP contribution in [0.3, 0.4) is 0 Å². The van der Waals surface area contributed by atoms with Crippen molar-refractivity contribution in [1.29, 1.82) is 0 Å². The molecule has 0 aromatic carbocycles. The number of aryl methyl sites for hydroxylation is 2. The van der Waals surface area contributed by atoms with E-state index in [1.54, 1.807) is 36.1 Å². The van der Waals surface area contributed by atoms with E-state index in [0.717, 1.165) is 36.9 Å². The number of rotatable bonds is 5. The van der Waals surface area contributed by atoms with Crippen LogP contribution in [0.4, 0.5) is 0 Å². The third kappa shape index (κ3) is 3.49. The van der Waals surface area contributed by atoms with Gasteiger partial charge in [-0.05, 0) is 44.2 Å². The van der Waals surface area contributed by atoms with Crippen LogP contribution < -0.4 is 10.9 Å². The van der Waals surface area contributed by atoms with E-state index in [4.69, 9.17) is 0 Å². The van der Waals surface area contributed by atoms with Crippen LogP contribution in [-0.2, 0) is 24.2 Å². The molecule has 0 radical (unpaired) electrons. The first-order valence-electron chi connectivity index (χ1n) is 8.02. The van der Waals surface area contributed by atoms with Crippen LogP contribution in [0, 0.1) is 0 Å². The second-order valence-corrected chi connectivity index (χ2v) is 5.84. The molecule has 0 saturated carbocycles. The number of aromatic nitrogens is 4. The van der Waals surface area contributed by atoms with Gasteiger partial charge in [-0.1, -0.05) is 0 Å². The lowest BCUT2D eigenvalue weighted by Gasteiger charge is -2.16. The predicted molar refractivity (Wildman–Crippen MR) is 85.1 cm³/mol. The van der Waals surface area contributed by atoms with E-state index in [9.17, 15) is 9.59 Å². The summed E-state index contributed by atoms with van der Waals surface area (Å²) in [6, 6.07) is 3.09. The molecule has 1 amide bonds. The molecule has 1 unspecified atom stereocenters. The van der Waals surface area contributed by atoms with Crippen molar-refractivity contribution in [3.05, 3.63) is 46.1 Å². The Hall–Kier alpha value is -2.44. The molecule has 3 rings (SSSR count). The first-order chi connectivity index (χ1) is 11.1. The van der Waals surface area contributed by atoms with Gasteiger partial charge in [-0.25, -0.2) is 4.68 Å². The summed E-state index contributed by atoms with van der Waals surface area (Å²) in [5, 5.41) is 11.3. The second kappa shape index (κ2) is 6.76. The molecule has 23 heavy (non-hydrogen) atoms. The summed E-state index contributed by atoms with van der Waals surface area (Å²) in [5.74, 6) is -0.125.